The van der Waals surface area contributed by atoms with Crippen LogP contribution in [0.5, 0.6) is 0 Å². The van der Waals surface area contributed by atoms with Crippen LogP contribution in [0, 0.1) is 39.0 Å². The predicted molar refractivity (Wildman–Crippen MR) is 121 cm³/mol. The third-order valence-electron chi connectivity index (χ3n) is 4.80. The normalized spacial score (nSPS) is 12.0. The molecule has 0 radical (unpaired) electrons. The van der Waals surface area contributed by atoms with E-state index in [0.29, 0.717) is 12.4 Å². The first-order chi connectivity index (χ1) is 13.8. The first-order valence-corrected chi connectivity index (χ1v) is 11.2. The molecule has 0 unspecified atom stereocenters. The Labute approximate surface area is 179 Å². The number of carbonyl (C=O) groups excluding carboxylic acids is 1. The van der Waals surface area contributed by atoms with Crippen LogP contribution in [-0.4, -0.2) is 27.7 Å². The second kappa shape index (κ2) is 8.93. The monoisotopic (exact) mass is 424 g/mol. The number of rotatable bonds is 6. The second-order valence-electron chi connectivity index (χ2n) is 7.03. The van der Waals surface area contributed by atoms with E-state index in [1.807, 2.05) is 45.0 Å². The molecule has 150 valence electrons. The Kier molecular flexibility index (Phi) is 6.56. The number of thioether (sulfide) groups is 1. The molecule has 1 atom stereocenters. The number of benzene rings is 1. The molecule has 2 heterocycles. The van der Waals surface area contributed by atoms with Crippen LogP contribution in [0.3, 0.4) is 0 Å². The van der Waals surface area contributed by atoms with Crippen LogP contribution in [0.1, 0.15) is 35.2 Å². The number of amides is 1. The molecular formula is C22H24N4OS2. The molecule has 3 aromatic rings. The molecule has 1 aromatic carbocycles. The second-order valence-corrected chi connectivity index (χ2v) is 9.57. The van der Waals surface area contributed by atoms with Crippen molar-refractivity contribution in [3.63, 3.8) is 0 Å². The zero-order valence-corrected chi connectivity index (χ0v) is 18.9. The SMILES string of the molecule is Cc1ccc(N(CCC#N)C(=O)[C@H](C)Sc2nc(C)nc3sc(C)c(C)c23)cc1. The van der Waals surface area contributed by atoms with Crippen LogP contribution in [0.2, 0.25) is 0 Å². The summed E-state index contributed by atoms with van der Waals surface area (Å²) in [5, 5.41) is 10.6. The molecule has 0 spiro atoms. The lowest BCUT2D eigenvalue weighted by molar-refractivity contribution is -0.117. The van der Waals surface area contributed by atoms with Gasteiger partial charge >= 0.3 is 0 Å². The largest absolute Gasteiger partial charge is 0.310 e. The average Bonchev–Trinajstić information content (AvgIpc) is 2.96. The number of hydrogen-bond donors (Lipinski definition) is 0. The van der Waals surface area contributed by atoms with Crippen LogP contribution in [-0.2, 0) is 4.79 Å². The molecule has 0 aliphatic rings. The van der Waals surface area contributed by atoms with Gasteiger partial charge in [0.1, 0.15) is 15.7 Å². The molecule has 2 aromatic heterocycles. The lowest BCUT2D eigenvalue weighted by Crippen LogP contribution is -2.37. The number of aromatic nitrogens is 2. The van der Waals surface area contributed by atoms with Crippen LogP contribution in [0.25, 0.3) is 10.2 Å². The van der Waals surface area contributed by atoms with Gasteiger partial charge in [-0.2, -0.15) is 5.26 Å². The number of hydrogen-bond acceptors (Lipinski definition) is 6. The maximum atomic E-state index is 13.3. The van der Waals surface area contributed by atoms with E-state index < -0.39 is 0 Å². The Morgan fingerprint density at radius 2 is 1.90 bits per heavy atom. The molecule has 5 nitrogen and oxygen atoms in total. The van der Waals surface area contributed by atoms with Gasteiger partial charge in [-0.25, -0.2) is 9.97 Å². The smallest absolute Gasteiger partial charge is 0.240 e. The van der Waals surface area contributed by atoms with E-state index in [0.717, 1.165) is 26.5 Å². The summed E-state index contributed by atoms with van der Waals surface area (Å²) in [6.07, 6.45) is 0.288. The van der Waals surface area contributed by atoms with Crippen LogP contribution >= 0.6 is 23.1 Å². The van der Waals surface area contributed by atoms with Gasteiger partial charge in [-0.05, 0) is 52.3 Å². The minimum atomic E-state index is -0.341. The topological polar surface area (TPSA) is 69.9 Å². The maximum Gasteiger partial charge on any atom is 0.240 e. The summed E-state index contributed by atoms with van der Waals surface area (Å²) in [6.45, 7) is 10.3. The Morgan fingerprint density at radius 3 is 2.55 bits per heavy atom. The van der Waals surface area contributed by atoms with Gasteiger partial charge < -0.3 is 4.90 Å². The van der Waals surface area contributed by atoms with Crippen molar-refractivity contribution in [2.24, 2.45) is 0 Å². The van der Waals surface area contributed by atoms with Gasteiger partial charge in [-0.3, -0.25) is 4.79 Å². The van der Waals surface area contributed by atoms with Crippen molar-refractivity contribution in [2.45, 2.75) is 51.3 Å². The highest BCUT2D eigenvalue weighted by atomic mass is 32.2. The number of nitriles is 1. The summed E-state index contributed by atoms with van der Waals surface area (Å²) in [5.74, 6) is 0.684. The van der Waals surface area contributed by atoms with Crippen LogP contribution < -0.4 is 4.90 Å². The number of nitrogens with zero attached hydrogens (tertiary/aromatic N) is 4. The van der Waals surface area contributed by atoms with Gasteiger partial charge in [-0.15, -0.1) is 11.3 Å². The number of aryl methyl sites for hydroxylation is 4. The highest BCUT2D eigenvalue weighted by molar-refractivity contribution is 8.00. The van der Waals surface area contributed by atoms with Crippen molar-refractivity contribution < 1.29 is 4.79 Å². The fourth-order valence-corrected chi connectivity index (χ4v) is 5.34. The zero-order valence-electron chi connectivity index (χ0n) is 17.3. The van der Waals surface area contributed by atoms with E-state index in [2.05, 4.69) is 29.9 Å². The number of thiophene rings is 1. The minimum absolute atomic E-state index is 0.0249. The van der Waals surface area contributed by atoms with E-state index in [9.17, 15) is 4.79 Å². The molecule has 0 aliphatic heterocycles. The first-order valence-electron chi connectivity index (χ1n) is 9.47. The van der Waals surface area contributed by atoms with Crippen molar-refractivity contribution in [1.82, 2.24) is 9.97 Å². The maximum absolute atomic E-state index is 13.3. The van der Waals surface area contributed by atoms with E-state index >= 15 is 0 Å². The lowest BCUT2D eigenvalue weighted by Gasteiger charge is -2.25. The molecule has 3 rings (SSSR count). The number of carbonyl (C=O) groups is 1. The summed E-state index contributed by atoms with van der Waals surface area (Å²) in [5.41, 5.74) is 3.12. The summed E-state index contributed by atoms with van der Waals surface area (Å²) < 4.78 is 0. The first kappa shape index (κ1) is 21.3. The van der Waals surface area contributed by atoms with E-state index in [1.165, 1.54) is 22.2 Å². The molecule has 0 aliphatic carbocycles. The molecule has 0 N–H and O–H groups in total. The van der Waals surface area contributed by atoms with Crippen molar-refractivity contribution in [2.75, 3.05) is 11.4 Å². The zero-order chi connectivity index (χ0) is 21.1. The molecule has 0 saturated carbocycles. The van der Waals surface area contributed by atoms with Crippen molar-refractivity contribution >= 4 is 44.9 Å². The fourth-order valence-electron chi connectivity index (χ4n) is 3.09. The summed E-state index contributed by atoms with van der Waals surface area (Å²) >= 11 is 3.13. The number of fused-ring (bicyclic) bond motifs is 1. The van der Waals surface area contributed by atoms with E-state index in [4.69, 9.17) is 5.26 Å². The molecular weight excluding hydrogens is 400 g/mol. The van der Waals surface area contributed by atoms with Gasteiger partial charge in [-0.1, -0.05) is 29.5 Å². The van der Waals surface area contributed by atoms with Gasteiger partial charge in [0.2, 0.25) is 5.91 Å². The molecule has 1 amide bonds. The Balaban J connectivity index is 1.91. The lowest BCUT2D eigenvalue weighted by atomic mass is 10.2. The van der Waals surface area contributed by atoms with E-state index in [-0.39, 0.29) is 17.6 Å². The standard InChI is InChI=1S/C22H24N4OS2/c1-13-7-9-18(10-8-13)26(12-6-11-23)22(27)16(4)29-21-19-14(2)15(3)28-20(19)24-17(5)25-21/h7-10,16H,6,12H2,1-5H3/t16-/m0/s1. The van der Waals surface area contributed by atoms with Gasteiger partial charge in [0.15, 0.2) is 0 Å². The molecule has 0 saturated heterocycles. The molecule has 7 heteroatoms. The third-order valence-corrected chi connectivity index (χ3v) is 6.98. The summed E-state index contributed by atoms with van der Waals surface area (Å²) in [7, 11) is 0. The molecule has 29 heavy (non-hydrogen) atoms. The van der Waals surface area contributed by atoms with Gasteiger partial charge in [0.05, 0.1) is 17.7 Å². The summed E-state index contributed by atoms with van der Waals surface area (Å²) in [6, 6.07) is 9.97. The Hall–Kier alpha value is -2.43. The van der Waals surface area contributed by atoms with Crippen molar-refractivity contribution in [3.05, 3.63) is 46.1 Å². The fraction of sp³-hybridized carbons (Fsp3) is 0.364. The van der Waals surface area contributed by atoms with Gasteiger partial charge in [0.25, 0.3) is 0 Å². The third kappa shape index (κ3) is 4.60. The average molecular weight is 425 g/mol. The van der Waals surface area contributed by atoms with Crippen molar-refractivity contribution in [3.8, 4) is 6.07 Å². The molecule has 0 fully saturated rings. The molecule has 0 bridgehead atoms. The summed E-state index contributed by atoms with van der Waals surface area (Å²) in [4.78, 5) is 26.4. The minimum Gasteiger partial charge on any atom is -0.310 e. The highest BCUT2D eigenvalue weighted by Crippen LogP contribution is 2.37. The Bertz CT molecular complexity index is 1080. The van der Waals surface area contributed by atoms with Gasteiger partial charge in [0, 0.05) is 22.5 Å². The highest BCUT2D eigenvalue weighted by Gasteiger charge is 2.25. The Morgan fingerprint density at radius 1 is 1.21 bits per heavy atom. The number of anilines is 1. The predicted octanol–water partition coefficient (Wildman–Crippen LogP) is 5.35. The van der Waals surface area contributed by atoms with Crippen LogP contribution in [0.15, 0.2) is 29.3 Å². The quantitative estimate of drug-likeness (QED) is 0.394. The van der Waals surface area contributed by atoms with E-state index in [1.54, 1.807) is 16.2 Å². The van der Waals surface area contributed by atoms with Crippen molar-refractivity contribution in [1.29, 1.82) is 5.26 Å². The van der Waals surface area contributed by atoms with Crippen LogP contribution in [0.4, 0.5) is 5.69 Å².